The fourth-order valence-corrected chi connectivity index (χ4v) is 1.97. The zero-order chi connectivity index (χ0) is 16.1. The Hall–Kier alpha value is -2.89. The van der Waals surface area contributed by atoms with Crippen LogP contribution in [0, 0.1) is 17.0 Å². The normalized spacial score (nSPS) is 10.1. The van der Waals surface area contributed by atoms with Crippen LogP contribution in [0.1, 0.15) is 21.5 Å². The summed E-state index contributed by atoms with van der Waals surface area (Å²) in [6, 6.07) is 11.5. The predicted octanol–water partition coefficient (Wildman–Crippen LogP) is 3.27. The Morgan fingerprint density at radius 1 is 1.18 bits per heavy atom. The van der Waals surface area contributed by atoms with E-state index in [2.05, 4.69) is 4.74 Å². The van der Waals surface area contributed by atoms with Crippen molar-refractivity contribution in [2.45, 2.75) is 13.5 Å². The third-order valence-corrected chi connectivity index (χ3v) is 3.22. The molecule has 0 atom stereocenters. The van der Waals surface area contributed by atoms with Crippen molar-refractivity contribution in [1.82, 2.24) is 0 Å². The van der Waals surface area contributed by atoms with Crippen molar-refractivity contribution in [1.29, 1.82) is 0 Å². The first-order valence-corrected chi connectivity index (χ1v) is 6.57. The summed E-state index contributed by atoms with van der Waals surface area (Å²) in [6.07, 6.45) is 0. The van der Waals surface area contributed by atoms with Crippen molar-refractivity contribution in [3.8, 4) is 5.75 Å². The van der Waals surface area contributed by atoms with E-state index >= 15 is 0 Å². The molecule has 0 radical (unpaired) electrons. The van der Waals surface area contributed by atoms with Gasteiger partial charge in [0.05, 0.1) is 23.2 Å². The lowest BCUT2D eigenvalue weighted by Crippen LogP contribution is -2.02. The summed E-state index contributed by atoms with van der Waals surface area (Å²) in [6.45, 7) is 1.90. The van der Waals surface area contributed by atoms with E-state index in [1.807, 2.05) is 0 Å². The smallest absolute Gasteiger partial charge is 0.337 e. The number of hydrogen-bond donors (Lipinski definition) is 0. The first-order chi connectivity index (χ1) is 10.5. The molecule has 0 aromatic heterocycles. The van der Waals surface area contributed by atoms with E-state index in [0.29, 0.717) is 16.9 Å². The van der Waals surface area contributed by atoms with Crippen LogP contribution in [-0.2, 0) is 11.3 Å². The first-order valence-electron chi connectivity index (χ1n) is 6.57. The molecule has 0 bridgehead atoms. The molecule has 0 aliphatic heterocycles. The molecule has 6 heteroatoms. The van der Waals surface area contributed by atoms with Gasteiger partial charge in [0.25, 0.3) is 5.69 Å². The van der Waals surface area contributed by atoms with Crippen LogP contribution in [-0.4, -0.2) is 18.0 Å². The second-order valence-electron chi connectivity index (χ2n) is 4.63. The highest BCUT2D eigenvalue weighted by molar-refractivity contribution is 5.89. The molecule has 2 aromatic rings. The molecule has 2 aromatic carbocycles. The quantitative estimate of drug-likeness (QED) is 0.481. The van der Waals surface area contributed by atoms with E-state index in [-0.39, 0.29) is 12.3 Å². The number of methoxy groups -OCH3 is 1. The predicted molar refractivity (Wildman–Crippen MR) is 79.9 cm³/mol. The van der Waals surface area contributed by atoms with Gasteiger partial charge in [0, 0.05) is 6.07 Å². The number of nitro benzene ring substituents is 1. The average Bonchev–Trinajstić information content (AvgIpc) is 2.53. The fourth-order valence-electron chi connectivity index (χ4n) is 1.97. The third kappa shape index (κ3) is 3.41. The summed E-state index contributed by atoms with van der Waals surface area (Å²) in [5.74, 6) is 0.0632. The Balaban J connectivity index is 2.09. The molecule has 0 N–H and O–H groups in total. The van der Waals surface area contributed by atoms with E-state index in [1.165, 1.54) is 13.2 Å². The molecule has 0 aliphatic carbocycles. The molecule has 0 spiro atoms. The molecule has 0 unspecified atom stereocenters. The Bertz CT molecular complexity index is 694. The van der Waals surface area contributed by atoms with Crippen LogP contribution in [0.15, 0.2) is 42.5 Å². The van der Waals surface area contributed by atoms with Gasteiger partial charge in [-0.25, -0.2) is 4.79 Å². The van der Waals surface area contributed by atoms with E-state index in [9.17, 15) is 14.9 Å². The van der Waals surface area contributed by atoms with Crippen LogP contribution < -0.4 is 4.74 Å². The van der Waals surface area contributed by atoms with E-state index in [4.69, 9.17) is 4.74 Å². The molecule has 0 aliphatic rings. The minimum atomic E-state index is -0.437. The van der Waals surface area contributed by atoms with Crippen LogP contribution in [0.25, 0.3) is 0 Å². The fraction of sp³-hybridized carbons (Fsp3) is 0.188. The molecular formula is C16H15NO5. The number of esters is 1. The highest BCUT2D eigenvalue weighted by Gasteiger charge is 2.14. The molecule has 0 heterocycles. The number of ether oxygens (including phenoxy) is 2. The standard InChI is InChI=1S/C16H15NO5/c1-11-14(17(19)20)4-3-5-15(11)22-10-12-6-8-13(9-7-12)16(18)21-2/h3-9H,10H2,1-2H3. The summed E-state index contributed by atoms with van der Waals surface area (Å²) in [7, 11) is 1.32. The molecule has 0 saturated carbocycles. The number of nitrogens with zero attached hydrogens (tertiary/aromatic N) is 1. The largest absolute Gasteiger partial charge is 0.488 e. The summed E-state index contributed by atoms with van der Waals surface area (Å²) in [4.78, 5) is 21.8. The number of hydrogen-bond acceptors (Lipinski definition) is 5. The molecule has 0 amide bonds. The van der Waals surface area contributed by atoms with Crippen molar-refractivity contribution < 1.29 is 19.2 Å². The number of benzene rings is 2. The number of nitro groups is 1. The van der Waals surface area contributed by atoms with E-state index < -0.39 is 10.9 Å². The maximum Gasteiger partial charge on any atom is 0.337 e. The molecule has 22 heavy (non-hydrogen) atoms. The van der Waals surface area contributed by atoms with Crippen molar-refractivity contribution in [2.24, 2.45) is 0 Å². The Morgan fingerprint density at radius 3 is 2.45 bits per heavy atom. The molecule has 0 saturated heterocycles. The lowest BCUT2D eigenvalue weighted by Gasteiger charge is -2.09. The van der Waals surface area contributed by atoms with Gasteiger partial charge in [0.1, 0.15) is 12.4 Å². The van der Waals surface area contributed by atoms with Crippen molar-refractivity contribution in [3.05, 3.63) is 69.3 Å². The van der Waals surface area contributed by atoms with Gasteiger partial charge in [-0.05, 0) is 30.7 Å². The van der Waals surface area contributed by atoms with Crippen LogP contribution in [0.3, 0.4) is 0 Å². The maximum absolute atomic E-state index is 11.3. The maximum atomic E-state index is 11.3. The van der Waals surface area contributed by atoms with Gasteiger partial charge in [0.2, 0.25) is 0 Å². The number of carbonyl (C=O) groups is 1. The van der Waals surface area contributed by atoms with Gasteiger partial charge in [-0.2, -0.15) is 0 Å². The van der Waals surface area contributed by atoms with Crippen LogP contribution in [0.4, 0.5) is 5.69 Å². The third-order valence-electron chi connectivity index (χ3n) is 3.22. The zero-order valence-electron chi connectivity index (χ0n) is 12.2. The Kier molecular flexibility index (Phi) is 4.73. The van der Waals surface area contributed by atoms with Crippen molar-refractivity contribution in [3.63, 3.8) is 0 Å². The molecule has 2 rings (SSSR count). The lowest BCUT2D eigenvalue weighted by atomic mass is 10.1. The van der Waals surface area contributed by atoms with Gasteiger partial charge in [-0.3, -0.25) is 10.1 Å². The molecule has 114 valence electrons. The summed E-state index contributed by atoms with van der Waals surface area (Å²) >= 11 is 0. The summed E-state index contributed by atoms with van der Waals surface area (Å²) < 4.78 is 10.2. The molecule has 0 fully saturated rings. The monoisotopic (exact) mass is 301 g/mol. The van der Waals surface area contributed by atoms with Gasteiger partial charge >= 0.3 is 5.97 Å². The summed E-state index contributed by atoms with van der Waals surface area (Å²) in [5, 5.41) is 10.9. The molecular weight excluding hydrogens is 286 g/mol. The number of rotatable bonds is 5. The van der Waals surface area contributed by atoms with Gasteiger partial charge < -0.3 is 9.47 Å². The average molecular weight is 301 g/mol. The summed E-state index contributed by atoms with van der Waals surface area (Å²) in [5.41, 5.74) is 1.81. The highest BCUT2D eigenvalue weighted by Crippen LogP contribution is 2.27. The lowest BCUT2D eigenvalue weighted by molar-refractivity contribution is -0.385. The molecule has 6 nitrogen and oxygen atoms in total. The van der Waals surface area contributed by atoms with E-state index in [0.717, 1.165) is 5.56 Å². The van der Waals surface area contributed by atoms with Crippen molar-refractivity contribution in [2.75, 3.05) is 7.11 Å². The Labute approximate surface area is 127 Å². The minimum Gasteiger partial charge on any atom is -0.488 e. The first kappa shape index (κ1) is 15.5. The zero-order valence-corrected chi connectivity index (χ0v) is 12.2. The highest BCUT2D eigenvalue weighted by atomic mass is 16.6. The topological polar surface area (TPSA) is 78.7 Å². The second-order valence-corrected chi connectivity index (χ2v) is 4.63. The minimum absolute atomic E-state index is 0.0264. The van der Waals surface area contributed by atoms with E-state index in [1.54, 1.807) is 43.3 Å². The van der Waals surface area contributed by atoms with Crippen LogP contribution in [0.5, 0.6) is 5.75 Å². The Morgan fingerprint density at radius 2 is 1.86 bits per heavy atom. The SMILES string of the molecule is COC(=O)c1ccc(COc2cccc([N+](=O)[O-])c2C)cc1. The van der Waals surface area contributed by atoms with Gasteiger partial charge in [0.15, 0.2) is 0 Å². The van der Waals surface area contributed by atoms with Gasteiger partial charge in [-0.15, -0.1) is 0 Å². The van der Waals surface area contributed by atoms with Gasteiger partial charge in [-0.1, -0.05) is 18.2 Å². The van der Waals surface area contributed by atoms with Crippen molar-refractivity contribution >= 4 is 11.7 Å². The van der Waals surface area contributed by atoms with Crippen LogP contribution >= 0.6 is 0 Å². The second kappa shape index (κ2) is 6.71. The van der Waals surface area contributed by atoms with Crippen LogP contribution in [0.2, 0.25) is 0 Å². The number of carbonyl (C=O) groups excluding carboxylic acids is 1.